The van der Waals surface area contributed by atoms with Gasteiger partial charge in [-0.3, -0.25) is 4.79 Å². The van der Waals surface area contributed by atoms with Gasteiger partial charge in [0.25, 0.3) is 0 Å². The summed E-state index contributed by atoms with van der Waals surface area (Å²) in [4.78, 5) is 20.9. The maximum Gasteiger partial charge on any atom is 0.509 e. The van der Waals surface area contributed by atoms with E-state index in [4.69, 9.17) is 5.11 Å². The SMILES string of the molecule is O=C(O)CC1(C(F)(F)F)CCOC(=O)O1. The summed E-state index contributed by atoms with van der Waals surface area (Å²) in [6.07, 6.45) is -8.45. The molecule has 0 aromatic carbocycles. The molecule has 0 amide bonds. The van der Waals surface area contributed by atoms with Gasteiger partial charge in [0, 0.05) is 6.42 Å². The van der Waals surface area contributed by atoms with Crippen LogP contribution < -0.4 is 0 Å². The number of carbonyl (C=O) groups excluding carboxylic acids is 1. The molecular formula is C7H7F3O5. The van der Waals surface area contributed by atoms with E-state index in [-0.39, 0.29) is 0 Å². The minimum atomic E-state index is -4.93. The molecule has 1 aliphatic heterocycles. The van der Waals surface area contributed by atoms with Gasteiger partial charge in [0.2, 0.25) is 5.60 Å². The lowest BCUT2D eigenvalue weighted by molar-refractivity contribution is -0.281. The number of rotatable bonds is 2. The summed E-state index contributed by atoms with van der Waals surface area (Å²) in [5.41, 5.74) is -2.96. The third-order valence-electron chi connectivity index (χ3n) is 1.96. The Hall–Kier alpha value is -1.47. The van der Waals surface area contributed by atoms with Crippen molar-refractivity contribution in [2.45, 2.75) is 24.6 Å². The quantitative estimate of drug-likeness (QED) is 0.721. The van der Waals surface area contributed by atoms with E-state index < -0.39 is 43.4 Å². The van der Waals surface area contributed by atoms with E-state index in [0.29, 0.717) is 0 Å². The van der Waals surface area contributed by atoms with E-state index in [9.17, 15) is 22.8 Å². The molecule has 0 aliphatic carbocycles. The summed E-state index contributed by atoms with van der Waals surface area (Å²) in [5, 5.41) is 8.35. The Kier molecular flexibility index (Phi) is 2.78. The van der Waals surface area contributed by atoms with Gasteiger partial charge in [-0.05, 0) is 0 Å². The van der Waals surface area contributed by atoms with Gasteiger partial charge in [-0.1, -0.05) is 0 Å². The van der Waals surface area contributed by atoms with Crippen LogP contribution in [-0.4, -0.2) is 35.6 Å². The molecule has 1 aliphatic rings. The van der Waals surface area contributed by atoms with Crippen LogP contribution in [0.3, 0.4) is 0 Å². The molecule has 1 atom stereocenters. The molecule has 8 heteroatoms. The third-order valence-corrected chi connectivity index (χ3v) is 1.96. The Bertz CT molecular complexity index is 283. The van der Waals surface area contributed by atoms with Crippen LogP contribution in [0.15, 0.2) is 0 Å². The molecule has 1 N–H and O–H groups in total. The molecule has 0 aromatic rings. The molecule has 1 fully saturated rings. The summed E-state index contributed by atoms with van der Waals surface area (Å²) in [6.45, 7) is -0.508. The summed E-state index contributed by atoms with van der Waals surface area (Å²) < 4.78 is 45.7. The minimum absolute atomic E-state index is 0.508. The number of cyclic esters (lactones) is 2. The number of halogens is 3. The van der Waals surface area contributed by atoms with Crippen LogP contribution in [0.1, 0.15) is 12.8 Å². The zero-order valence-electron chi connectivity index (χ0n) is 7.34. The van der Waals surface area contributed by atoms with Crippen LogP contribution in [0.5, 0.6) is 0 Å². The molecule has 0 saturated carbocycles. The topological polar surface area (TPSA) is 72.8 Å². The first-order valence-electron chi connectivity index (χ1n) is 3.91. The number of ether oxygens (including phenoxy) is 2. The number of alkyl halides is 3. The van der Waals surface area contributed by atoms with Gasteiger partial charge in [0.15, 0.2) is 0 Å². The molecule has 86 valence electrons. The second-order valence-electron chi connectivity index (χ2n) is 3.01. The highest BCUT2D eigenvalue weighted by Gasteiger charge is 2.61. The van der Waals surface area contributed by atoms with Gasteiger partial charge in [0.05, 0.1) is 13.0 Å². The van der Waals surface area contributed by atoms with Gasteiger partial charge < -0.3 is 14.6 Å². The van der Waals surface area contributed by atoms with Crippen molar-refractivity contribution in [3.63, 3.8) is 0 Å². The fourth-order valence-electron chi connectivity index (χ4n) is 1.21. The molecule has 1 saturated heterocycles. The van der Waals surface area contributed by atoms with Gasteiger partial charge >= 0.3 is 18.3 Å². The summed E-state index contributed by atoms with van der Waals surface area (Å²) in [6, 6.07) is 0. The Morgan fingerprint density at radius 1 is 1.53 bits per heavy atom. The molecule has 1 heterocycles. The molecule has 0 spiro atoms. The summed E-state index contributed by atoms with van der Waals surface area (Å²) in [5.74, 6) is -1.69. The Morgan fingerprint density at radius 3 is 2.53 bits per heavy atom. The van der Waals surface area contributed by atoms with E-state index in [1.807, 2.05) is 0 Å². The first-order chi connectivity index (χ1) is 6.77. The van der Waals surface area contributed by atoms with Crippen LogP contribution in [0.2, 0.25) is 0 Å². The highest BCUT2D eigenvalue weighted by molar-refractivity contribution is 5.70. The van der Waals surface area contributed by atoms with E-state index in [1.165, 1.54) is 0 Å². The Morgan fingerprint density at radius 2 is 2.13 bits per heavy atom. The van der Waals surface area contributed by atoms with Crippen molar-refractivity contribution in [3.05, 3.63) is 0 Å². The second kappa shape index (κ2) is 3.59. The average Bonchev–Trinajstić information content (AvgIpc) is 2.00. The lowest BCUT2D eigenvalue weighted by Crippen LogP contribution is -2.53. The maximum atomic E-state index is 12.5. The van der Waals surface area contributed by atoms with Crippen LogP contribution in [0, 0.1) is 0 Å². The predicted molar refractivity (Wildman–Crippen MR) is 38.1 cm³/mol. The zero-order valence-corrected chi connectivity index (χ0v) is 7.34. The van der Waals surface area contributed by atoms with Crippen molar-refractivity contribution in [2.24, 2.45) is 0 Å². The van der Waals surface area contributed by atoms with E-state index >= 15 is 0 Å². The van der Waals surface area contributed by atoms with Gasteiger partial charge in [-0.2, -0.15) is 13.2 Å². The fraction of sp³-hybridized carbons (Fsp3) is 0.714. The number of aliphatic carboxylic acids is 1. The monoisotopic (exact) mass is 228 g/mol. The number of carbonyl (C=O) groups is 2. The van der Waals surface area contributed by atoms with Gasteiger partial charge in [-0.15, -0.1) is 0 Å². The Labute approximate surface area is 81.8 Å². The summed E-state index contributed by atoms with van der Waals surface area (Å²) in [7, 11) is 0. The van der Waals surface area contributed by atoms with E-state index in [0.717, 1.165) is 0 Å². The predicted octanol–water partition coefficient (Wildman–Crippen LogP) is 1.32. The van der Waals surface area contributed by atoms with Crippen molar-refractivity contribution in [1.29, 1.82) is 0 Å². The number of hydrogen-bond acceptors (Lipinski definition) is 4. The van der Waals surface area contributed by atoms with Crippen molar-refractivity contribution in [2.75, 3.05) is 6.61 Å². The minimum Gasteiger partial charge on any atom is -0.481 e. The largest absolute Gasteiger partial charge is 0.509 e. The maximum absolute atomic E-state index is 12.5. The smallest absolute Gasteiger partial charge is 0.481 e. The van der Waals surface area contributed by atoms with Crippen molar-refractivity contribution < 1.29 is 37.3 Å². The highest BCUT2D eigenvalue weighted by Crippen LogP contribution is 2.41. The number of carboxylic acids is 1. The fourth-order valence-corrected chi connectivity index (χ4v) is 1.21. The van der Waals surface area contributed by atoms with Crippen LogP contribution in [-0.2, 0) is 14.3 Å². The lowest BCUT2D eigenvalue weighted by atomic mass is 9.94. The third kappa shape index (κ3) is 2.31. The molecule has 0 bridgehead atoms. The molecule has 0 radical (unpaired) electrons. The average molecular weight is 228 g/mol. The van der Waals surface area contributed by atoms with E-state index in [1.54, 1.807) is 0 Å². The molecule has 0 aromatic heterocycles. The zero-order chi connectivity index (χ0) is 11.7. The first kappa shape index (κ1) is 11.6. The molecular weight excluding hydrogens is 221 g/mol. The molecule has 15 heavy (non-hydrogen) atoms. The van der Waals surface area contributed by atoms with Crippen molar-refractivity contribution in [3.8, 4) is 0 Å². The second-order valence-corrected chi connectivity index (χ2v) is 3.01. The number of hydrogen-bond donors (Lipinski definition) is 1. The van der Waals surface area contributed by atoms with Crippen LogP contribution in [0.25, 0.3) is 0 Å². The van der Waals surface area contributed by atoms with E-state index in [2.05, 4.69) is 9.47 Å². The van der Waals surface area contributed by atoms with Crippen molar-refractivity contribution in [1.82, 2.24) is 0 Å². The standard InChI is InChI=1S/C7H7F3O5/c8-7(9,10)6(3-4(11)12)1-2-14-5(13)15-6/h1-3H2,(H,11,12). The van der Waals surface area contributed by atoms with Crippen molar-refractivity contribution >= 4 is 12.1 Å². The van der Waals surface area contributed by atoms with Crippen LogP contribution >= 0.6 is 0 Å². The Balaban J connectivity index is 2.95. The van der Waals surface area contributed by atoms with Gasteiger partial charge in [0.1, 0.15) is 0 Å². The highest BCUT2D eigenvalue weighted by atomic mass is 19.4. The molecule has 1 unspecified atom stereocenters. The number of carboxylic acid groups (broad SMARTS) is 1. The normalized spacial score (nSPS) is 26.7. The summed E-state index contributed by atoms with van der Waals surface area (Å²) >= 11 is 0. The molecule has 1 rings (SSSR count). The van der Waals surface area contributed by atoms with Gasteiger partial charge in [-0.25, -0.2) is 4.79 Å². The first-order valence-corrected chi connectivity index (χ1v) is 3.91. The molecule has 5 nitrogen and oxygen atoms in total. The lowest BCUT2D eigenvalue weighted by Gasteiger charge is -2.36. The van der Waals surface area contributed by atoms with Crippen LogP contribution in [0.4, 0.5) is 18.0 Å².